The zero-order chi connectivity index (χ0) is 14.1. The predicted octanol–water partition coefficient (Wildman–Crippen LogP) is 2.26. The standard InChI is InChI=1S/C14H17N3O3/c1-8-9(2)20-14(17-8)7-16-11-6-13-12(5-10(11)15)18-3-4-19-13/h5-6,16H,3-4,7,15H2,1-2H3. The predicted molar refractivity (Wildman–Crippen MR) is 75.1 cm³/mol. The first-order chi connectivity index (χ1) is 9.63. The van der Waals surface area contributed by atoms with Crippen LogP contribution in [0.15, 0.2) is 16.5 Å². The molecule has 0 aliphatic carbocycles. The van der Waals surface area contributed by atoms with Crippen LogP contribution in [0.3, 0.4) is 0 Å². The Morgan fingerprint density at radius 2 is 1.90 bits per heavy atom. The van der Waals surface area contributed by atoms with E-state index in [1.54, 1.807) is 6.07 Å². The highest BCUT2D eigenvalue weighted by Gasteiger charge is 2.15. The molecule has 0 bridgehead atoms. The molecule has 0 saturated heterocycles. The maximum absolute atomic E-state index is 5.99. The summed E-state index contributed by atoms with van der Waals surface area (Å²) >= 11 is 0. The first-order valence-corrected chi connectivity index (χ1v) is 6.49. The normalized spacial score (nSPS) is 13.3. The van der Waals surface area contributed by atoms with Crippen molar-refractivity contribution in [2.45, 2.75) is 20.4 Å². The molecule has 0 spiro atoms. The van der Waals surface area contributed by atoms with Gasteiger partial charge >= 0.3 is 0 Å². The number of anilines is 2. The zero-order valence-electron chi connectivity index (χ0n) is 11.5. The van der Waals surface area contributed by atoms with Crippen molar-refractivity contribution in [1.29, 1.82) is 0 Å². The van der Waals surface area contributed by atoms with Crippen LogP contribution in [-0.2, 0) is 6.54 Å². The van der Waals surface area contributed by atoms with Crippen molar-refractivity contribution in [2.75, 3.05) is 24.3 Å². The number of nitrogens with two attached hydrogens (primary N) is 1. The van der Waals surface area contributed by atoms with Gasteiger partial charge < -0.3 is 24.9 Å². The molecule has 6 nitrogen and oxygen atoms in total. The van der Waals surface area contributed by atoms with Crippen LogP contribution in [-0.4, -0.2) is 18.2 Å². The van der Waals surface area contributed by atoms with E-state index in [9.17, 15) is 0 Å². The Balaban J connectivity index is 1.77. The van der Waals surface area contributed by atoms with E-state index >= 15 is 0 Å². The van der Waals surface area contributed by atoms with E-state index in [2.05, 4.69) is 10.3 Å². The Hall–Kier alpha value is -2.37. The highest BCUT2D eigenvalue weighted by atomic mass is 16.6. The summed E-state index contributed by atoms with van der Waals surface area (Å²) in [5.74, 6) is 2.85. The Morgan fingerprint density at radius 3 is 2.55 bits per heavy atom. The van der Waals surface area contributed by atoms with E-state index in [0.29, 0.717) is 42.8 Å². The second-order valence-corrected chi connectivity index (χ2v) is 4.69. The number of nitrogen functional groups attached to an aromatic ring is 1. The van der Waals surface area contributed by atoms with Crippen molar-refractivity contribution in [2.24, 2.45) is 0 Å². The Labute approximate surface area is 116 Å². The molecule has 0 radical (unpaired) electrons. The number of hydrogen-bond donors (Lipinski definition) is 2. The molecule has 3 rings (SSSR count). The minimum atomic E-state index is 0.471. The van der Waals surface area contributed by atoms with E-state index in [1.165, 1.54) is 0 Å². The van der Waals surface area contributed by atoms with Crippen molar-refractivity contribution in [3.05, 3.63) is 29.5 Å². The van der Waals surface area contributed by atoms with Gasteiger partial charge in [0.2, 0.25) is 5.89 Å². The number of hydrogen-bond acceptors (Lipinski definition) is 6. The topological polar surface area (TPSA) is 82.5 Å². The molecule has 1 aliphatic rings. The van der Waals surface area contributed by atoms with E-state index in [0.717, 1.165) is 17.1 Å². The van der Waals surface area contributed by atoms with E-state index in [4.69, 9.17) is 19.6 Å². The lowest BCUT2D eigenvalue weighted by Crippen LogP contribution is -2.16. The van der Waals surface area contributed by atoms with Crippen LogP contribution in [0.25, 0.3) is 0 Å². The van der Waals surface area contributed by atoms with Crippen molar-refractivity contribution in [1.82, 2.24) is 4.98 Å². The summed E-state index contributed by atoms with van der Waals surface area (Å²) < 4.78 is 16.5. The molecule has 2 heterocycles. The lowest BCUT2D eigenvalue weighted by atomic mass is 10.2. The van der Waals surface area contributed by atoms with Crippen LogP contribution >= 0.6 is 0 Å². The summed E-state index contributed by atoms with van der Waals surface area (Å²) in [6.07, 6.45) is 0. The number of nitrogens with zero attached hydrogens (tertiary/aromatic N) is 1. The zero-order valence-corrected chi connectivity index (χ0v) is 11.5. The number of aryl methyl sites for hydroxylation is 2. The molecule has 1 aromatic carbocycles. The smallest absolute Gasteiger partial charge is 0.213 e. The van der Waals surface area contributed by atoms with Gasteiger partial charge in [-0.25, -0.2) is 4.98 Å². The average molecular weight is 275 g/mol. The molecule has 0 atom stereocenters. The molecule has 6 heteroatoms. The molecule has 0 fully saturated rings. The second-order valence-electron chi connectivity index (χ2n) is 4.69. The molecule has 2 aromatic rings. The molecular formula is C14H17N3O3. The fourth-order valence-corrected chi connectivity index (χ4v) is 2.04. The maximum Gasteiger partial charge on any atom is 0.213 e. The summed E-state index contributed by atoms with van der Waals surface area (Å²) in [7, 11) is 0. The van der Waals surface area contributed by atoms with Gasteiger partial charge in [-0.1, -0.05) is 0 Å². The van der Waals surface area contributed by atoms with Crippen molar-refractivity contribution in [3.63, 3.8) is 0 Å². The summed E-state index contributed by atoms with van der Waals surface area (Å²) in [5, 5.41) is 3.20. The number of rotatable bonds is 3. The summed E-state index contributed by atoms with van der Waals surface area (Å²) in [4.78, 5) is 4.32. The van der Waals surface area contributed by atoms with Crippen LogP contribution in [0.4, 0.5) is 11.4 Å². The van der Waals surface area contributed by atoms with Gasteiger partial charge in [-0.15, -0.1) is 0 Å². The van der Waals surface area contributed by atoms with Crippen molar-refractivity contribution < 1.29 is 13.9 Å². The SMILES string of the molecule is Cc1nc(CNc2cc3c(cc2N)OCCO3)oc1C. The third-order valence-corrected chi connectivity index (χ3v) is 3.22. The molecule has 106 valence electrons. The number of oxazole rings is 1. The molecule has 1 aromatic heterocycles. The van der Waals surface area contributed by atoms with E-state index < -0.39 is 0 Å². The van der Waals surface area contributed by atoms with Crippen LogP contribution in [0.5, 0.6) is 11.5 Å². The van der Waals surface area contributed by atoms with Gasteiger partial charge in [0.25, 0.3) is 0 Å². The fraction of sp³-hybridized carbons (Fsp3) is 0.357. The van der Waals surface area contributed by atoms with Gasteiger partial charge in [-0.2, -0.15) is 0 Å². The van der Waals surface area contributed by atoms with Gasteiger partial charge in [-0.05, 0) is 13.8 Å². The first kappa shape index (κ1) is 12.7. The molecule has 0 amide bonds. The summed E-state index contributed by atoms with van der Waals surface area (Å²) in [6, 6.07) is 3.61. The molecule has 20 heavy (non-hydrogen) atoms. The number of ether oxygens (including phenoxy) is 2. The van der Waals surface area contributed by atoms with Crippen LogP contribution in [0, 0.1) is 13.8 Å². The fourth-order valence-electron chi connectivity index (χ4n) is 2.04. The first-order valence-electron chi connectivity index (χ1n) is 6.49. The number of aromatic nitrogens is 1. The Kier molecular flexibility index (Phi) is 3.14. The second kappa shape index (κ2) is 4.96. The molecule has 3 N–H and O–H groups in total. The Bertz CT molecular complexity index is 617. The maximum atomic E-state index is 5.99. The number of fused-ring (bicyclic) bond motifs is 1. The van der Waals surface area contributed by atoms with Gasteiger partial charge in [0.05, 0.1) is 23.6 Å². The molecule has 0 unspecified atom stereocenters. The number of benzene rings is 1. The lowest BCUT2D eigenvalue weighted by molar-refractivity contribution is 0.172. The van der Waals surface area contributed by atoms with Crippen molar-refractivity contribution >= 4 is 11.4 Å². The van der Waals surface area contributed by atoms with Gasteiger partial charge in [-0.3, -0.25) is 0 Å². The van der Waals surface area contributed by atoms with Crippen molar-refractivity contribution in [3.8, 4) is 11.5 Å². The lowest BCUT2D eigenvalue weighted by Gasteiger charge is -2.20. The third kappa shape index (κ3) is 2.36. The van der Waals surface area contributed by atoms with Crippen LogP contribution < -0.4 is 20.5 Å². The Morgan fingerprint density at radius 1 is 1.20 bits per heavy atom. The van der Waals surface area contributed by atoms with Gasteiger partial charge in [0.15, 0.2) is 11.5 Å². The monoisotopic (exact) mass is 275 g/mol. The van der Waals surface area contributed by atoms with E-state index in [1.807, 2.05) is 19.9 Å². The summed E-state index contributed by atoms with van der Waals surface area (Å²) in [6.45, 7) is 5.38. The van der Waals surface area contributed by atoms with Gasteiger partial charge in [0, 0.05) is 12.1 Å². The number of nitrogens with one attached hydrogen (secondary N) is 1. The molecular weight excluding hydrogens is 258 g/mol. The highest BCUT2D eigenvalue weighted by Crippen LogP contribution is 2.37. The van der Waals surface area contributed by atoms with Gasteiger partial charge in [0.1, 0.15) is 19.0 Å². The van der Waals surface area contributed by atoms with Crippen LogP contribution in [0.2, 0.25) is 0 Å². The largest absolute Gasteiger partial charge is 0.486 e. The third-order valence-electron chi connectivity index (χ3n) is 3.22. The minimum absolute atomic E-state index is 0.471. The average Bonchev–Trinajstić information content (AvgIpc) is 2.75. The minimum Gasteiger partial charge on any atom is -0.486 e. The van der Waals surface area contributed by atoms with Crippen LogP contribution in [0.1, 0.15) is 17.3 Å². The molecule has 1 aliphatic heterocycles. The summed E-state index contributed by atoms with van der Waals surface area (Å²) in [5.41, 5.74) is 8.28. The van der Waals surface area contributed by atoms with E-state index in [-0.39, 0.29) is 0 Å². The quantitative estimate of drug-likeness (QED) is 0.836. The highest BCUT2D eigenvalue weighted by molar-refractivity contribution is 5.72. The molecule has 0 saturated carbocycles.